The fourth-order valence-electron chi connectivity index (χ4n) is 1.32. The van der Waals surface area contributed by atoms with E-state index < -0.39 is 0 Å². The van der Waals surface area contributed by atoms with E-state index in [9.17, 15) is 0 Å². The molecule has 0 saturated heterocycles. The quantitative estimate of drug-likeness (QED) is 0.739. The zero-order chi connectivity index (χ0) is 11.8. The highest BCUT2D eigenvalue weighted by molar-refractivity contribution is 5.41. The third-order valence-corrected chi connectivity index (χ3v) is 2.00. The molecular formula is C11H20N4O. The second-order valence-electron chi connectivity index (χ2n) is 3.72. The number of anilines is 2. The predicted octanol–water partition coefficient (Wildman–Crippen LogP) is 1.75. The molecule has 2 N–H and O–H groups in total. The zero-order valence-electron chi connectivity index (χ0n) is 10.2. The van der Waals surface area contributed by atoms with Gasteiger partial charge in [0, 0.05) is 19.7 Å². The van der Waals surface area contributed by atoms with Crippen LogP contribution >= 0.6 is 0 Å². The summed E-state index contributed by atoms with van der Waals surface area (Å²) in [6.45, 7) is 5.71. The molecule has 0 bridgehead atoms. The van der Waals surface area contributed by atoms with Crippen LogP contribution in [0.5, 0.6) is 0 Å². The van der Waals surface area contributed by atoms with E-state index in [1.807, 2.05) is 6.92 Å². The molecule has 0 radical (unpaired) electrons. The number of nitrogens with zero attached hydrogens (tertiary/aromatic N) is 2. The Balaban J connectivity index is 2.52. The van der Waals surface area contributed by atoms with Crippen molar-refractivity contribution in [2.24, 2.45) is 0 Å². The Hall–Kier alpha value is -1.36. The van der Waals surface area contributed by atoms with Crippen LogP contribution in [0.4, 0.5) is 11.6 Å². The molecule has 0 saturated carbocycles. The number of hydrogen-bond donors (Lipinski definition) is 2. The monoisotopic (exact) mass is 224 g/mol. The van der Waals surface area contributed by atoms with Crippen LogP contribution < -0.4 is 10.6 Å². The van der Waals surface area contributed by atoms with Crippen molar-refractivity contribution in [3.05, 3.63) is 12.4 Å². The predicted molar refractivity (Wildman–Crippen MR) is 65.8 cm³/mol. The van der Waals surface area contributed by atoms with Gasteiger partial charge in [0.25, 0.3) is 0 Å². The molecule has 1 unspecified atom stereocenters. The van der Waals surface area contributed by atoms with Crippen molar-refractivity contribution in [2.75, 3.05) is 30.9 Å². The van der Waals surface area contributed by atoms with Crippen molar-refractivity contribution in [1.29, 1.82) is 0 Å². The summed E-state index contributed by atoms with van der Waals surface area (Å²) in [6.07, 6.45) is 4.50. The molecule has 0 spiro atoms. The minimum absolute atomic E-state index is 0.223. The number of methoxy groups -OCH3 is 1. The number of hydrogen-bond acceptors (Lipinski definition) is 5. The summed E-state index contributed by atoms with van der Waals surface area (Å²) in [5.74, 6) is 1.57. The third kappa shape index (κ3) is 4.44. The first-order valence-corrected chi connectivity index (χ1v) is 5.57. The molecule has 5 heteroatoms. The third-order valence-electron chi connectivity index (χ3n) is 2.00. The summed E-state index contributed by atoms with van der Waals surface area (Å²) in [5.41, 5.74) is 0. The fraction of sp³-hybridized carbons (Fsp3) is 0.636. The largest absolute Gasteiger partial charge is 0.383 e. The number of ether oxygens (including phenoxy) is 1. The van der Waals surface area contributed by atoms with E-state index in [4.69, 9.17) is 4.74 Å². The number of aromatic nitrogens is 2. The summed E-state index contributed by atoms with van der Waals surface area (Å²) in [7, 11) is 1.68. The summed E-state index contributed by atoms with van der Waals surface area (Å²) in [5, 5.41) is 6.42. The summed E-state index contributed by atoms with van der Waals surface area (Å²) >= 11 is 0. The van der Waals surface area contributed by atoms with Gasteiger partial charge in [0.15, 0.2) is 0 Å². The van der Waals surface area contributed by atoms with Crippen molar-refractivity contribution < 1.29 is 4.74 Å². The number of rotatable bonds is 7. The van der Waals surface area contributed by atoms with Gasteiger partial charge in [-0.3, -0.25) is 4.98 Å². The van der Waals surface area contributed by atoms with Gasteiger partial charge in [0.2, 0.25) is 0 Å². The lowest BCUT2D eigenvalue weighted by atomic mass is 10.3. The summed E-state index contributed by atoms with van der Waals surface area (Å²) in [4.78, 5) is 8.51. The molecule has 16 heavy (non-hydrogen) atoms. The van der Waals surface area contributed by atoms with Gasteiger partial charge in [-0.1, -0.05) is 6.92 Å². The molecule has 90 valence electrons. The highest BCUT2D eigenvalue weighted by atomic mass is 16.5. The highest BCUT2D eigenvalue weighted by Gasteiger charge is 2.03. The van der Waals surface area contributed by atoms with Gasteiger partial charge in [0.1, 0.15) is 11.6 Å². The molecule has 0 aliphatic rings. The van der Waals surface area contributed by atoms with E-state index in [-0.39, 0.29) is 6.04 Å². The second-order valence-corrected chi connectivity index (χ2v) is 3.72. The van der Waals surface area contributed by atoms with Crippen molar-refractivity contribution in [1.82, 2.24) is 9.97 Å². The number of nitrogens with one attached hydrogen (secondary N) is 2. The van der Waals surface area contributed by atoms with E-state index in [2.05, 4.69) is 27.5 Å². The Bertz CT molecular complexity index is 306. The van der Waals surface area contributed by atoms with Crippen LogP contribution in [-0.2, 0) is 4.74 Å². The van der Waals surface area contributed by atoms with Gasteiger partial charge in [-0.15, -0.1) is 0 Å². The van der Waals surface area contributed by atoms with E-state index in [1.165, 1.54) is 0 Å². The van der Waals surface area contributed by atoms with Crippen LogP contribution in [0, 0.1) is 0 Å². The molecule has 0 aromatic carbocycles. The van der Waals surface area contributed by atoms with Crippen LogP contribution in [0.25, 0.3) is 0 Å². The first kappa shape index (κ1) is 12.7. The Labute approximate surface area is 96.6 Å². The minimum Gasteiger partial charge on any atom is -0.383 e. The maximum atomic E-state index is 5.04. The van der Waals surface area contributed by atoms with Crippen molar-refractivity contribution in [3.63, 3.8) is 0 Å². The smallest absolute Gasteiger partial charge is 0.147 e. The molecule has 1 aromatic heterocycles. The highest BCUT2D eigenvalue weighted by Crippen LogP contribution is 2.07. The van der Waals surface area contributed by atoms with Crippen LogP contribution in [0.2, 0.25) is 0 Å². The van der Waals surface area contributed by atoms with E-state index in [1.54, 1.807) is 19.5 Å². The molecule has 1 aromatic rings. The molecule has 1 rings (SSSR count). The SMILES string of the molecule is CCCNc1cncc(NC(C)COC)n1. The van der Waals surface area contributed by atoms with Crippen LogP contribution in [0.15, 0.2) is 12.4 Å². The molecule has 1 heterocycles. The standard InChI is InChI=1S/C11H20N4O/c1-4-5-13-10-6-12-7-11(15-10)14-9(2)8-16-3/h6-7,9H,4-5,8H2,1-3H3,(H2,13,14,15). The Morgan fingerprint density at radius 3 is 2.81 bits per heavy atom. The second kappa shape index (κ2) is 7.00. The Morgan fingerprint density at radius 2 is 2.12 bits per heavy atom. The fourth-order valence-corrected chi connectivity index (χ4v) is 1.32. The van der Waals surface area contributed by atoms with E-state index in [0.717, 1.165) is 24.6 Å². The first-order valence-electron chi connectivity index (χ1n) is 5.57. The van der Waals surface area contributed by atoms with E-state index >= 15 is 0 Å². The molecule has 0 aliphatic carbocycles. The molecule has 5 nitrogen and oxygen atoms in total. The van der Waals surface area contributed by atoms with Crippen LogP contribution in [0.1, 0.15) is 20.3 Å². The van der Waals surface area contributed by atoms with Gasteiger partial charge in [-0.05, 0) is 13.3 Å². The van der Waals surface area contributed by atoms with Gasteiger partial charge in [-0.2, -0.15) is 0 Å². The lowest BCUT2D eigenvalue weighted by Gasteiger charge is -2.13. The van der Waals surface area contributed by atoms with Crippen molar-refractivity contribution >= 4 is 11.6 Å². The molecule has 1 atom stereocenters. The lowest BCUT2D eigenvalue weighted by molar-refractivity contribution is 0.190. The molecule has 0 aliphatic heterocycles. The molecular weight excluding hydrogens is 204 g/mol. The summed E-state index contributed by atoms with van der Waals surface area (Å²) in [6, 6.07) is 0.223. The first-order chi connectivity index (χ1) is 7.76. The van der Waals surface area contributed by atoms with Gasteiger partial charge in [-0.25, -0.2) is 4.98 Å². The molecule has 0 fully saturated rings. The Kier molecular flexibility index (Phi) is 5.56. The zero-order valence-corrected chi connectivity index (χ0v) is 10.2. The average molecular weight is 224 g/mol. The topological polar surface area (TPSA) is 59.1 Å². The van der Waals surface area contributed by atoms with Gasteiger partial charge in [0.05, 0.1) is 19.0 Å². The average Bonchev–Trinajstić information content (AvgIpc) is 2.27. The Morgan fingerprint density at radius 1 is 1.38 bits per heavy atom. The van der Waals surface area contributed by atoms with Crippen molar-refractivity contribution in [3.8, 4) is 0 Å². The van der Waals surface area contributed by atoms with Gasteiger partial charge >= 0.3 is 0 Å². The lowest BCUT2D eigenvalue weighted by Crippen LogP contribution is -2.21. The molecule has 0 amide bonds. The van der Waals surface area contributed by atoms with E-state index in [0.29, 0.717) is 6.61 Å². The van der Waals surface area contributed by atoms with Crippen molar-refractivity contribution in [2.45, 2.75) is 26.3 Å². The van der Waals surface area contributed by atoms with Crippen LogP contribution in [-0.4, -0.2) is 36.3 Å². The minimum atomic E-state index is 0.223. The van der Waals surface area contributed by atoms with Gasteiger partial charge < -0.3 is 15.4 Å². The summed E-state index contributed by atoms with van der Waals surface area (Å²) < 4.78 is 5.04. The van der Waals surface area contributed by atoms with Crippen LogP contribution in [0.3, 0.4) is 0 Å². The normalized spacial score (nSPS) is 12.2. The maximum Gasteiger partial charge on any atom is 0.147 e. The maximum absolute atomic E-state index is 5.04.